The van der Waals surface area contributed by atoms with Crippen molar-refractivity contribution in [1.29, 1.82) is 0 Å². The number of alkyl halides is 3. The number of likely N-dealkylation sites (tertiary alicyclic amines) is 1. The first-order chi connectivity index (χ1) is 13.8. The molecular formula is C20H29F4N5. The molecule has 2 aliphatic rings. The Morgan fingerprint density at radius 3 is 2.41 bits per heavy atom. The van der Waals surface area contributed by atoms with E-state index in [1.807, 2.05) is 6.92 Å². The summed E-state index contributed by atoms with van der Waals surface area (Å²) in [7, 11) is 0. The lowest BCUT2D eigenvalue weighted by molar-refractivity contribution is -0.143. The van der Waals surface area contributed by atoms with Crippen LogP contribution in [0.1, 0.15) is 13.3 Å². The van der Waals surface area contributed by atoms with E-state index >= 15 is 0 Å². The normalized spacial score (nSPS) is 21.7. The van der Waals surface area contributed by atoms with Gasteiger partial charge in [-0.2, -0.15) is 13.2 Å². The molecule has 0 radical (unpaired) electrons. The molecule has 0 aromatic heterocycles. The summed E-state index contributed by atoms with van der Waals surface area (Å²) < 4.78 is 50.8. The van der Waals surface area contributed by atoms with Crippen LogP contribution in [0.2, 0.25) is 0 Å². The van der Waals surface area contributed by atoms with E-state index in [2.05, 4.69) is 15.1 Å². The third-order valence-corrected chi connectivity index (χ3v) is 5.38. The van der Waals surface area contributed by atoms with Crippen LogP contribution in [-0.2, 0) is 0 Å². The Labute approximate surface area is 169 Å². The quantitative estimate of drug-likeness (QED) is 0.456. The van der Waals surface area contributed by atoms with Crippen LogP contribution in [0, 0.1) is 11.7 Å². The molecule has 1 aromatic rings. The van der Waals surface area contributed by atoms with E-state index in [0.717, 1.165) is 50.8 Å². The Kier molecular flexibility index (Phi) is 7.21. The van der Waals surface area contributed by atoms with Gasteiger partial charge in [-0.1, -0.05) is 0 Å². The molecule has 0 saturated carbocycles. The minimum absolute atomic E-state index is 0.159. The molecule has 2 aliphatic heterocycles. The lowest BCUT2D eigenvalue weighted by atomic mass is 10.1. The number of benzene rings is 1. The van der Waals surface area contributed by atoms with Gasteiger partial charge < -0.3 is 15.1 Å². The number of rotatable bonds is 5. The highest BCUT2D eigenvalue weighted by molar-refractivity contribution is 5.80. The summed E-state index contributed by atoms with van der Waals surface area (Å²) in [6.07, 6.45) is -3.39. The molecule has 2 heterocycles. The lowest BCUT2D eigenvalue weighted by Crippen LogP contribution is -2.52. The van der Waals surface area contributed by atoms with Gasteiger partial charge in [0.15, 0.2) is 5.96 Å². The number of aliphatic imine (C=N–C) groups is 1. The zero-order chi connectivity index (χ0) is 20.9. The third-order valence-electron chi connectivity index (χ3n) is 5.38. The number of hydrogen-bond acceptors (Lipinski definition) is 3. The van der Waals surface area contributed by atoms with Crippen LogP contribution in [0.3, 0.4) is 0 Å². The largest absolute Gasteiger partial charge is 0.401 e. The van der Waals surface area contributed by atoms with Crippen molar-refractivity contribution in [3.8, 4) is 0 Å². The summed E-state index contributed by atoms with van der Waals surface area (Å²) in [5.41, 5.74) is 1.00. The minimum atomic E-state index is -4.14. The number of piperazine rings is 1. The Hall–Kier alpha value is -2.03. The summed E-state index contributed by atoms with van der Waals surface area (Å²) >= 11 is 0. The zero-order valence-corrected chi connectivity index (χ0v) is 16.8. The van der Waals surface area contributed by atoms with Crippen LogP contribution < -0.4 is 10.2 Å². The average Bonchev–Trinajstić information content (AvgIpc) is 3.11. The third kappa shape index (κ3) is 6.48. The first-order valence-electron chi connectivity index (χ1n) is 10.2. The van der Waals surface area contributed by atoms with Gasteiger partial charge in [0.25, 0.3) is 0 Å². The first kappa shape index (κ1) is 21.7. The second kappa shape index (κ2) is 9.65. The van der Waals surface area contributed by atoms with E-state index in [1.165, 1.54) is 17.0 Å². The molecule has 162 valence electrons. The molecule has 3 rings (SSSR count). The molecule has 29 heavy (non-hydrogen) atoms. The first-order valence-corrected chi connectivity index (χ1v) is 10.2. The van der Waals surface area contributed by atoms with Crippen LogP contribution in [0.4, 0.5) is 23.2 Å². The van der Waals surface area contributed by atoms with Crippen LogP contribution in [0.15, 0.2) is 29.3 Å². The standard InChI is InChI=1S/C20H29F4N5/c1-2-25-19(26-13-16-7-8-27(14-16)15-20(22,23)24)29-11-9-28(10-12-29)18-5-3-17(21)4-6-18/h3-6,16H,2,7-15H2,1H3,(H,25,26). The Bertz CT molecular complexity index is 668. The molecular weight excluding hydrogens is 386 g/mol. The fraction of sp³-hybridized carbons (Fsp3) is 0.650. The number of anilines is 1. The van der Waals surface area contributed by atoms with Gasteiger partial charge in [0, 0.05) is 51.5 Å². The van der Waals surface area contributed by atoms with Crippen LogP contribution in [-0.4, -0.2) is 80.8 Å². The second-order valence-electron chi connectivity index (χ2n) is 7.65. The van der Waals surface area contributed by atoms with Gasteiger partial charge in [0.1, 0.15) is 5.82 Å². The minimum Gasteiger partial charge on any atom is -0.368 e. The van der Waals surface area contributed by atoms with Crippen molar-refractivity contribution in [2.75, 3.05) is 63.8 Å². The summed E-state index contributed by atoms with van der Waals surface area (Å²) in [6.45, 7) is 6.55. The molecule has 0 amide bonds. The monoisotopic (exact) mass is 415 g/mol. The fourth-order valence-corrected chi connectivity index (χ4v) is 3.93. The van der Waals surface area contributed by atoms with Crippen molar-refractivity contribution in [1.82, 2.24) is 15.1 Å². The highest BCUT2D eigenvalue weighted by atomic mass is 19.4. The van der Waals surface area contributed by atoms with Gasteiger partial charge >= 0.3 is 6.18 Å². The van der Waals surface area contributed by atoms with Crippen LogP contribution in [0.25, 0.3) is 0 Å². The molecule has 0 bridgehead atoms. The molecule has 2 fully saturated rings. The van der Waals surface area contributed by atoms with Crippen molar-refractivity contribution >= 4 is 11.6 Å². The molecule has 1 atom stereocenters. The van der Waals surface area contributed by atoms with Gasteiger partial charge in [-0.25, -0.2) is 4.39 Å². The summed E-state index contributed by atoms with van der Waals surface area (Å²) in [5, 5.41) is 3.30. The average molecular weight is 415 g/mol. The van der Waals surface area contributed by atoms with Gasteiger partial charge in [-0.15, -0.1) is 0 Å². The number of halogens is 4. The molecule has 9 heteroatoms. The van der Waals surface area contributed by atoms with E-state index in [-0.39, 0.29) is 11.7 Å². The highest BCUT2D eigenvalue weighted by Crippen LogP contribution is 2.23. The van der Waals surface area contributed by atoms with E-state index in [9.17, 15) is 17.6 Å². The Morgan fingerprint density at radius 2 is 1.79 bits per heavy atom. The maximum atomic E-state index is 13.1. The number of guanidine groups is 1. The van der Waals surface area contributed by atoms with Crippen molar-refractivity contribution in [3.63, 3.8) is 0 Å². The highest BCUT2D eigenvalue weighted by Gasteiger charge is 2.34. The van der Waals surface area contributed by atoms with E-state index in [1.54, 1.807) is 12.1 Å². The molecule has 1 N–H and O–H groups in total. The molecule has 0 aliphatic carbocycles. The summed E-state index contributed by atoms with van der Waals surface area (Å²) in [6, 6.07) is 6.52. The zero-order valence-electron chi connectivity index (χ0n) is 16.8. The van der Waals surface area contributed by atoms with Crippen LogP contribution >= 0.6 is 0 Å². The topological polar surface area (TPSA) is 34.1 Å². The lowest BCUT2D eigenvalue weighted by Gasteiger charge is -2.37. The van der Waals surface area contributed by atoms with Gasteiger partial charge in [0.05, 0.1) is 6.54 Å². The van der Waals surface area contributed by atoms with Crippen molar-refractivity contribution in [2.24, 2.45) is 10.9 Å². The Morgan fingerprint density at radius 1 is 1.10 bits per heavy atom. The predicted molar refractivity (Wildman–Crippen MR) is 107 cm³/mol. The van der Waals surface area contributed by atoms with E-state index in [0.29, 0.717) is 19.6 Å². The van der Waals surface area contributed by atoms with Crippen molar-refractivity contribution in [3.05, 3.63) is 30.1 Å². The van der Waals surface area contributed by atoms with Crippen LogP contribution in [0.5, 0.6) is 0 Å². The Balaban J connectivity index is 1.51. The SMILES string of the molecule is CCNC(=NCC1CCN(CC(F)(F)F)C1)N1CCN(c2ccc(F)cc2)CC1. The molecule has 2 saturated heterocycles. The van der Waals surface area contributed by atoms with Gasteiger partial charge in [0.2, 0.25) is 0 Å². The molecule has 1 unspecified atom stereocenters. The predicted octanol–water partition coefficient (Wildman–Crippen LogP) is 2.80. The maximum Gasteiger partial charge on any atom is 0.401 e. The van der Waals surface area contributed by atoms with Crippen molar-refractivity contribution in [2.45, 2.75) is 19.5 Å². The molecule has 0 spiro atoms. The second-order valence-corrected chi connectivity index (χ2v) is 7.65. The summed E-state index contributed by atoms with van der Waals surface area (Å²) in [4.78, 5) is 10.6. The fourth-order valence-electron chi connectivity index (χ4n) is 3.93. The molecule has 1 aromatic carbocycles. The smallest absolute Gasteiger partial charge is 0.368 e. The number of nitrogens with one attached hydrogen (secondary N) is 1. The van der Waals surface area contributed by atoms with Crippen molar-refractivity contribution < 1.29 is 17.6 Å². The maximum absolute atomic E-state index is 13.1. The number of hydrogen-bond donors (Lipinski definition) is 1. The van der Waals surface area contributed by atoms with E-state index < -0.39 is 12.7 Å². The molecule has 5 nitrogen and oxygen atoms in total. The summed E-state index contributed by atoms with van der Waals surface area (Å²) in [5.74, 6) is 0.738. The van der Waals surface area contributed by atoms with Gasteiger partial charge in [-0.05, 0) is 50.1 Å². The number of nitrogens with zero attached hydrogens (tertiary/aromatic N) is 4. The van der Waals surface area contributed by atoms with E-state index in [4.69, 9.17) is 4.99 Å². The van der Waals surface area contributed by atoms with Gasteiger partial charge in [-0.3, -0.25) is 9.89 Å².